The van der Waals surface area contributed by atoms with Gasteiger partial charge < -0.3 is 9.74 Å². The highest BCUT2D eigenvalue weighted by molar-refractivity contribution is 6.74. The van der Waals surface area contributed by atoms with E-state index in [9.17, 15) is 31.1 Å². The van der Waals surface area contributed by atoms with Crippen LogP contribution >= 0.6 is 0 Å². The van der Waals surface area contributed by atoms with Gasteiger partial charge in [0.1, 0.15) is 5.41 Å². The van der Waals surface area contributed by atoms with Crippen molar-refractivity contribution < 1.29 is 35.6 Å². The number of fused-ring (bicyclic) bond motifs is 3. The number of alkyl halides is 5. The Hall–Kier alpha value is -4.06. The number of halogens is 6. The van der Waals surface area contributed by atoms with Gasteiger partial charge in [0.2, 0.25) is 5.95 Å². The quantitative estimate of drug-likeness (QED) is 0.181. The Morgan fingerprint density at radius 3 is 2.42 bits per heavy atom. The summed E-state index contributed by atoms with van der Waals surface area (Å²) in [5, 5.41) is 13.5. The molecule has 1 N–H and O–H groups in total. The number of carbonyl (C=O) groups is 1. The van der Waals surface area contributed by atoms with Gasteiger partial charge in [0.25, 0.3) is 6.43 Å². The van der Waals surface area contributed by atoms with Crippen molar-refractivity contribution in [2.75, 3.05) is 16.8 Å². The van der Waals surface area contributed by atoms with Gasteiger partial charge in [0, 0.05) is 12.6 Å². The molecule has 0 saturated heterocycles. The van der Waals surface area contributed by atoms with Crippen molar-refractivity contribution >= 4 is 31.4 Å². The van der Waals surface area contributed by atoms with Crippen molar-refractivity contribution in [3.05, 3.63) is 53.6 Å². The van der Waals surface area contributed by atoms with E-state index in [0.717, 1.165) is 41.0 Å². The summed E-state index contributed by atoms with van der Waals surface area (Å²) in [5.74, 6) is -1.31. The normalized spacial score (nSPS) is 18.1. The number of hydrogen-bond donors (Lipinski definition) is 1. The van der Waals surface area contributed by atoms with Crippen LogP contribution < -0.4 is 10.2 Å². The van der Waals surface area contributed by atoms with Gasteiger partial charge in [-0.15, -0.1) is 10.2 Å². The molecule has 5 heterocycles. The average Bonchev–Trinajstić information content (AvgIpc) is 3.62. The lowest BCUT2D eigenvalue weighted by atomic mass is 9.88. The maximum atomic E-state index is 14.4. The maximum absolute atomic E-state index is 14.4. The lowest BCUT2D eigenvalue weighted by Gasteiger charge is -2.38. The molecule has 0 fully saturated rings. The van der Waals surface area contributed by atoms with Crippen LogP contribution in [-0.2, 0) is 9.84 Å². The van der Waals surface area contributed by atoms with Crippen LogP contribution in [0.4, 0.5) is 42.5 Å². The van der Waals surface area contributed by atoms with E-state index in [1.54, 1.807) is 6.92 Å². The highest BCUT2D eigenvalue weighted by atomic mass is 28.4. The van der Waals surface area contributed by atoms with Crippen LogP contribution in [-0.4, -0.2) is 61.6 Å². The number of urea groups is 1. The second kappa shape index (κ2) is 10.8. The summed E-state index contributed by atoms with van der Waals surface area (Å²) in [4.78, 5) is 22.1. The summed E-state index contributed by atoms with van der Waals surface area (Å²) < 4.78 is 93.9. The summed E-state index contributed by atoms with van der Waals surface area (Å²) in [7, 11) is -2.27. The fraction of sp³-hybridized carbons (Fsp3) is 0.481. The number of carbonyl (C=O) groups excluding carboxylic acids is 1. The van der Waals surface area contributed by atoms with Gasteiger partial charge in [-0.05, 0) is 38.0 Å². The molecule has 4 aromatic rings. The van der Waals surface area contributed by atoms with E-state index in [1.807, 2.05) is 13.1 Å². The number of anilines is 2. The Bertz CT molecular complexity index is 1770. The van der Waals surface area contributed by atoms with Crippen LogP contribution in [0.25, 0.3) is 11.5 Å². The molecule has 45 heavy (non-hydrogen) atoms. The molecule has 11 nitrogen and oxygen atoms in total. The SMILES string of the molecule is CC(O[Si](C)(C)C(C)(C)C)c1cnnn1-c1ncc(NC(=O)N2C[C@@](C)(C(F)(F)F)c3c2cnc2cc(F)nn32)cc1C(F)F. The van der Waals surface area contributed by atoms with Crippen molar-refractivity contribution in [3.8, 4) is 5.82 Å². The summed E-state index contributed by atoms with van der Waals surface area (Å²) in [5.41, 5.74) is -4.05. The van der Waals surface area contributed by atoms with Gasteiger partial charge in [0.05, 0.1) is 53.0 Å². The van der Waals surface area contributed by atoms with Gasteiger partial charge >= 0.3 is 12.2 Å². The number of amides is 2. The summed E-state index contributed by atoms with van der Waals surface area (Å²) in [6.07, 6.45) is -5.05. The first-order valence-electron chi connectivity index (χ1n) is 13.8. The standard InChI is InChI=1S/C27H31F6N9O2Si/c1-14(44-45(6,7)25(2,3)4)17-12-36-39-41(17)23-16(22(29)30)8-15(10-35-23)37-24(43)40-13-26(5,27(31,32)33)21-18(40)11-34-20-9-19(28)38-42(20)21/h8-12,14,22H,13H2,1-7H3,(H,37,43)/t14?,26-/m1/s1. The molecule has 0 bridgehead atoms. The highest BCUT2D eigenvalue weighted by Gasteiger charge is 2.60. The highest BCUT2D eigenvalue weighted by Crippen LogP contribution is 2.50. The summed E-state index contributed by atoms with van der Waals surface area (Å²) in [6.45, 7) is 12.0. The third-order valence-electron chi connectivity index (χ3n) is 8.44. The number of nitrogens with zero attached hydrogens (tertiary/aromatic N) is 8. The Morgan fingerprint density at radius 2 is 1.80 bits per heavy atom. The molecule has 18 heteroatoms. The zero-order valence-electron chi connectivity index (χ0n) is 25.4. The Balaban J connectivity index is 1.47. The van der Waals surface area contributed by atoms with E-state index in [0.29, 0.717) is 10.2 Å². The van der Waals surface area contributed by atoms with Crippen LogP contribution in [0, 0.1) is 5.95 Å². The van der Waals surface area contributed by atoms with E-state index in [1.165, 1.54) is 6.20 Å². The first-order chi connectivity index (χ1) is 20.7. The lowest BCUT2D eigenvalue weighted by Crippen LogP contribution is -2.46. The van der Waals surface area contributed by atoms with Crippen LogP contribution in [0.3, 0.4) is 0 Å². The second-order valence-corrected chi connectivity index (χ2v) is 17.4. The predicted molar refractivity (Wildman–Crippen MR) is 154 cm³/mol. The molecule has 1 aliphatic heterocycles. The van der Waals surface area contributed by atoms with Crippen LogP contribution in [0.2, 0.25) is 18.1 Å². The molecule has 1 aliphatic rings. The monoisotopic (exact) mass is 655 g/mol. The lowest BCUT2D eigenvalue weighted by molar-refractivity contribution is -0.181. The number of rotatable bonds is 6. The van der Waals surface area contributed by atoms with E-state index < -0.39 is 62.2 Å². The van der Waals surface area contributed by atoms with Crippen LogP contribution in [0.5, 0.6) is 0 Å². The largest absolute Gasteiger partial charge is 0.409 e. The zero-order chi connectivity index (χ0) is 33.3. The number of nitrogens with one attached hydrogen (secondary N) is 1. The molecule has 2 atom stereocenters. The number of hydrogen-bond acceptors (Lipinski definition) is 7. The minimum Gasteiger partial charge on any atom is -0.409 e. The smallest absolute Gasteiger partial charge is 0.401 e. The van der Waals surface area contributed by atoms with Gasteiger partial charge in [-0.3, -0.25) is 4.90 Å². The first kappa shape index (κ1) is 32.3. The topological polar surface area (TPSA) is 115 Å². The first-order valence-corrected chi connectivity index (χ1v) is 16.7. The Morgan fingerprint density at radius 1 is 1.11 bits per heavy atom. The molecule has 2 amide bonds. The average molecular weight is 656 g/mol. The minimum absolute atomic E-state index is 0.129. The second-order valence-electron chi connectivity index (χ2n) is 12.6. The molecule has 4 aromatic heterocycles. The molecule has 0 radical (unpaired) electrons. The van der Waals surface area contributed by atoms with Gasteiger partial charge in [-0.2, -0.15) is 22.2 Å². The fourth-order valence-electron chi connectivity index (χ4n) is 4.93. The fourth-order valence-corrected chi connectivity index (χ4v) is 6.29. The van der Waals surface area contributed by atoms with Crippen molar-refractivity contribution in [3.63, 3.8) is 0 Å². The zero-order valence-corrected chi connectivity index (χ0v) is 26.4. The molecule has 1 unspecified atom stereocenters. The number of pyridine rings is 1. The van der Waals surface area contributed by atoms with Crippen LogP contribution in [0.1, 0.15) is 64.1 Å². The van der Waals surface area contributed by atoms with Crippen molar-refractivity contribution in [2.24, 2.45) is 0 Å². The molecular formula is C27H31F6N9O2Si. The van der Waals surface area contributed by atoms with Gasteiger partial charge in [-0.25, -0.2) is 28.1 Å². The molecule has 0 spiro atoms. The molecular weight excluding hydrogens is 624 g/mol. The Kier molecular flexibility index (Phi) is 7.75. The van der Waals surface area contributed by atoms with E-state index in [2.05, 4.69) is 51.5 Å². The van der Waals surface area contributed by atoms with E-state index in [-0.39, 0.29) is 27.9 Å². The molecule has 0 saturated carbocycles. The van der Waals surface area contributed by atoms with E-state index in [4.69, 9.17) is 4.43 Å². The van der Waals surface area contributed by atoms with Gasteiger partial charge in [-0.1, -0.05) is 26.0 Å². The van der Waals surface area contributed by atoms with Crippen molar-refractivity contribution in [2.45, 2.75) is 76.9 Å². The Labute approximate surface area is 254 Å². The minimum atomic E-state index is -4.87. The third kappa shape index (κ3) is 5.53. The van der Waals surface area contributed by atoms with Crippen LogP contribution in [0.15, 0.2) is 30.7 Å². The maximum Gasteiger partial charge on any atom is 0.401 e. The van der Waals surface area contributed by atoms with Gasteiger partial charge in [0.15, 0.2) is 19.8 Å². The predicted octanol–water partition coefficient (Wildman–Crippen LogP) is 6.74. The summed E-state index contributed by atoms with van der Waals surface area (Å²) in [6, 6.07) is 0.741. The van der Waals surface area contributed by atoms with Crippen molar-refractivity contribution in [1.29, 1.82) is 0 Å². The third-order valence-corrected chi connectivity index (χ3v) is 13.0. The summed E-state index contributed by atoms with van der Waals surface area (Å²) >= 11 is 0. The number of aromatic nitrogens is 7. The van der Waals surface area contributed by atoms with Crippen molar-refractivity contribution in [1.82, 2.24) is 34.6 Å². The van der Waals surface area contributed by atoms with E-state index >= 15 is 0 Å². The molecule has 0 aliphatic carbocycles. The molecule has 5 rings (SSSR count). The molecule has 0 aromatic carbocycles. The molecule has 242 valence electrons.